The molecule has 0 unspecified atom stereocenters. The van der Waals surface area contributed by atoms with Gasteiger partial charge in [0.2, 0.25) is 0 Å². The van der Waals surface area contributed by atoms with Crippen molar-refractivity contribution in [3.8, 4) is 0 Å². The summed E-state index contributed by atoms with van der Waals surface area (Å²) in [5.41, 5.74) is 3.05. The Hall–Kier alpha value is -2.62. The molecule has 1 N–H and O–H groups in total. The summed E-state index contributed by atoms with van der Waals surface area (Å²) < 4.78 is 5.24. The average Bonchev–Trinajstić information content (AvgIpc) is 2.47. The lowest BCUT2D eigenvalue weighted by Gasteiger charge is -2.14. The second kappa shape index (κ2) is 6.89. The summed E-state index contributed by atoms with van der Waals surface area (Å²) in [6, 6.07) is 14.5. The molecule has 1 atom stereocenters. The van der Waals surface area contributed by atoms with E-state index in [1.165, 1.54) is 0 Å². The highest BCUT2D eigenvalue weighted by Crippen LogP contribution is 2.13. The number of ether oxygens (including phenoxy) is 1. The van der Waals surface area contributed by atoms with E-state index in [2.05, 4.69) is 5.32 Å². The minimum Gasteiger partial charge on any atom is -0.449 e. The van der Waals surface area contributed by atoms with E-state index in [4.69, 9.17) is 4.74 Å². The molecule has 2 aromatic rings. The Morgan fingerprint density at radius 3 is 2.36 bits per heavy atom. The molecule has 0 heterocycles. The Morgan fingerprint density at radius 1 is 1.05 bits per heavy atom. The van der Waals surface area contributed by atoms with Crippen LogP contribution in [0, 0.1) is 13.8 Å². The second-order valence-electron chi connectivity index (χ2n) is 5.22. The highest BCUT2D eigenvalue weighted by atomic mass is 16.5. The third-order valence-electron chi connectivity index (χ3n) is 3.30. The van der Waals surface area contributed by atoms with Crippen LogP contribution >= 0.6 is 0 Å². The van der Waals surface area contributed by atoms with Gasteiger partial charge in [0, 0.05) is 5.69 Å². The van der Waals surface area contributed by atoms with Gasteiger partial charge in [-0.05, 0) is 44.5 Å². The van der Waals surface area contributed by atoms with Gasteiger partial charge in [-0.15, -0.1) is 0 Å². The van der Waals surface area contributed by atoms with E-state index >= 15 is 0 Å². The van der Waals surface area contributed by atoms with Gasteiger partial charge in [0.1, 0.15) is 0 Å². The van der Waals surface area contributed by atoms with Crippen LogP contribution in [0.3, 0.4) is 0 Å². The fourth-order valence-electron chi connectivity index (χ4n) is 2.09. The second-order valence-corrected chi connectivity index (χ2v) is 5.22. The summed E-state index contributed by atoms with van der Waals surface area (Å²) in [4.78, 5) is 24.2. The molecule has 0 radical (unpaired) electrons. The van der Waals surface area contributed by atoms with Crippen LogP contribution in [-0.2, 0) is 9.53 Å². The highest BCUT2D eigenvalue weighted by molar-refractivity contribution is 5.97. The van der Waals surface area contributed by atoms with Crippen molar-refractivity contribution in [2.24, 2.45) is 0 Å². The summed E-state index contributed by atoms with van der Waals surface area (Å²) in [5, 5.41) is 2.71. The predicted octanol–water partition coefficient (Wildman–Crippen LogP) is 3.49. The van der Waals surface area contributed by atoms with Crippen molar-refractivity contribution < 1.29 is 14.3 Å². The molecule has 0 aromatic heterocycles. The smallest absolute Gasteiger partial charge is 0.339 e. The first-order valence-electron chi connectivity index (χ1n) is 7.11. The highest BCUT2D eigenvalue weighted by Gasteiger charge is 2.20. The standard InChI is InChI=1S/C18H19NO3/c1-12-9-10-16(13(2)11-12)18(21)22-14(3)17(20)19-15-7-5-4-6-8-15/h4-11,14H,1-3H3,(H,19,20)/t14-/m1/s1. The van der Waals surface area contributed by atoms with Crippen molar-refractivity contribution in [2.75, 3.05) is 5.32 Å². The van der Waals surface area contributed by atoms with E-state index in [0.717, 1.165) is 11.1 Å². The zero-order chi connectivity index (χ0) is 16.1. The molecule has 4 nitrogen and oxygen atoms in total. The Labute approximate surface area is 130 Å². The molecule has 4 heteroatoms. The number of para-hydroxylation sites is 1. The van der Waals surface area contributed by atoms with Crippen LogP contribution in [0.15, 0.2) is 48.5 Å². The molecule has 0 fully saturated rings. The molecule has 0 saturated carbocycles. The summed E-state index contributed by atoms with van der Waals surface area (Å²) in [5.74, 6) is -0.850. The van der Waals surface area contributed by atoms with Crippen LogP contribution in [0.25, 0.3) is 0 Å². The average molecular weight is 297 g/mol. The largest absolute Gasteiger partial charge is 0.449 e. The maximum Gasteiger partial charge on any atom is 0.339 e. The fraction of sp³-hybridized carbons (Fsp3) is 0.222. The van der Waals surface area contributed by atoms with E-state index < -0.39 is 12.1 Å². The van der Waals surface area contributed by atoms with Crippen molar-refractivity contribution in [3.05, 3.63) is 65.2 Å². The first-order valence-corrected chi connectivity index (χ1v) is 7.11. The van der Waals surface area contributed by atoms with Gasteiger partial charge < -0.3 is 10.1 Å². The number of carbonyl (C=O) groups is 2. The third kappa shape index (κ3) is 3.95. The van der Waals surface area contributed by atoms with Crippen molar-refractivity contribution >= 4 is 17.6 Å². The molecule has 22 heavy (non-hydrogen) atoms. The molecule has 0 bridgehead atoms. The molecule has 2 aromatic carbocycles. The number of amides is 1. The number of hydrogen-bond acceptors (Lipinski definition) is 3. The molecular weight excluding hydrogens is 278 g/mol. The fourth-order valence-corrected chi connectivity index (χ4v) is 2.09. The normalized spacial score (nSPS) is 11.6. The van der Waals surface area contributed by atoms with Crippen LogP contribution < -0.4 is 5.32 Å². The minimum atomic E-state index is -0.867. The van der Waals surface area contributed by atoms with Gasteiger partial charge in [0.05, 0.1) is 5.56 Å². The summed E-state index contributed by atoms with van der Waals surface area (Å²) in [7, 11) is 0. The van der Waals surface area contributed by atoms with Gasteiger partial charge in [-0.3, -0.25) is 4.79 Å². The van der Waals surface area contributed by atoms with Crippen molar-refractivity contribution in [2.45, 2.75) is 26.9 Å². The Balaban J connectivity index is 2.00. The lowest BCUT2D eigenvalue weighted by molar-refractivity contribution is -0.123. The quantitative estimate of drug-likeness (QED) is 0.879. The number of carbonyl (C=O) groups excluding carboxylic acids is 2. The first kappa shape index (κ1) is 15.8. The molecule has 0 spiro atoms. The lowest BCUT2D eigenvalue weighted by atomic mass is 10.1. The Morgan fingerprint density at radius 2 is 1.73 bits per heavy atom. The summed E-state index contributed by atoms with van der Waals surface area (Å²) in [6.07, 6.45) is -0.867. The van der Waals surface area contributed by atoms with Gasteiger partial charge in [-0.25, -0.2) is 4.79 Å². The number of benzene rings is 2. The Bertz CT molecular complexity index is 680. The van der Waals surface area contributed by atoms with Gasteiger partial charge in [-0.1, -0.05) is 35.9 Å². The van der Waals surface area contributed by atoms with E-state index in [-0.39, 0.29) is 5.91 Å². The van der Waals surface area contributed by atoms with E-state index in [1.807, 2.05) is 44.2 Å². The molecule has 1 amide bonds. The monoisotopic (exact) mass is 297 g/mol. The van der Waals surface area contributed by atoms with Gasteiger partial charge in [-0.2, -0.15) is 0 Å². The molecule has 2 rings (SSSR count). The van der Waals surface area contributed by atoms with E-state index in [0.29, 0.717) is 11.3 Å². The van der Waals surface area contributed by atoms with E-state index in [9.17, 15) is 9.59 Å². The molecule has 0 saturated heterocycles. The molecule has 0 aliphatic heterocycles. The number of nitrogens with one attached hydrogen (secondary N) is 1. The zero-order valence-electron chi connectivity index (χ0n) is 12.9. The Kier molecular flexibility index (Phi) is 4.94. The van der Waals surface area contributed by atoms with Crippen LogP contribution in [0.4, 0.5) is 5.69 Å². The third-order valence-corrected chi connectivity index (χ3v) is 3.30. The van der Waals surface area contributed by atoms with Crippen LogP contribution in [-0.4, -0.2) is 18.0 Å². The van der Waals surface area contributed by atoms with Gasteiger partial charge >= 0.3 is 5.97 Å². The lowest BCUT2D eigenvalue weighted by Crippen LogP contribution is -2.30. The molecule has 0 aliphatic rings. The van der Waals surface area contributed by atoms with E-state index in [1.54, 1.807) is 25.1 Å². The summed E-state index contributed by atoms with van der Waals surface area (Å²) >= 11 is 0. The summed E-state index contributed by atoms with van der Waals surface area (Å²) in [6.45, 7) is 5.36. The SMILES string of the molecule is Cc1ccc(C(=O)O[C@H](C)C(=O)Nc2ccccc2)c(C)c1. The maximum absolute atomic E-state index is 12.1. The number of aryl methyl sites for hydroxylation is 2. The van der Waals surface area contributed by atoms with Crippen molar-refractivity contribution in [1.29, 1.82) is 0 Å². The van der Waals surface area contributed by atoms with Crippen LogP contribution in [0.1, 0.15) is 28.4 Å². The van der Waals surface area contributed by atoms with Crippen LogP contribution in [0.5, 0.6) is 0 Å². The number of anilines is 1. The first-order chi connectivity index (χ1) is 10.5. The number of esters is 1. The number of hydrogen-bond donors (Lipinski definition) is 1. The molecule has 0 aliphatic carbocycles. The predicted molar refractivity (Wildman–Crippen MR) is 85.9 cm³/mol. The maximum atomic E-state index is 12.1. The topological polar surface area (TPSA) is 55.4 Å². The minimum absolute atomic E-state index is 0.357. The number of rotatable bonds is 4. The van der Waals surface area contributed by atoms with Crippen LogP contribution in [0.2, 0.25) is 0 Å². The van der Waals surface area contributed by atoms with Crippen molar-refractivity contribution in [1.82, 2.24) is 0 Å². The van der Waals surface area contributed by atoms with Gasteiger partial charge in [0.15, 0.2) is 6.10 Å². The molecule has 114 valence electrons. The molecular formula is C18H19NO3. The van der Waals surface area contributed by atoms with Crippen molar-refractivity contribution in [3.63, 3.8) is 0 Å². The van der Waals surface area contributed by atoms with Gasteiger partial charge in [0.25, 0.3) is 5.91 Å². The zero-order valence-corrected chi connectivity index (χ0v) is 12.9.